The second kappa shape index (κ2) is 7.04. The van der Waals surface area contributed by atoms with Crippen LogP contribution in [0.15, 0.2) is 6.33 Å². The first kappa shape index (κ1) is 20.3. The molecule has 2 aliphatic carbocycles. The van der Waals surface area contributed by atoms with E-state index >= 15 is 0 Å². The fourth-order valence-electron chi connectivity index (χ4n) is 4.65. The van der Waals surface area contributed by atoms with Gasteiger partial charge in [0.05, 0.1) is 37.8 Å². The van der Waals surface area contributed by atoms with Gasteiger partial charge in [-0.15, -0.1) is 6.42 Å². The molecule has 2 aromatic heterocycles. The van der Waals surface area contributed by atoms with Crippen molar-refractivity contribution in [2.45, 2.75) is 38.5 Å². The topological polar surface area (TPSA) is 146 Å². The first-order valence-electron chi connectivity index (χ1n) is 9.51. The van der Waals surface area contributed by atoms with Gasteiger partial charge in [0.2, 0.25) is 5.82 Å². The fourth-order valence-corrected chi connectivity index (χ4v) is 6.97. The quantitative estimate of drug-likeness (QED) is 0.439. The zero-order chi connectivity index (χ0) is 21.0. The van der Waals surface area contributed by atoms with Crippen molar-refractivity contribution in [3.05, 3.63) is 12.2 Å². The summed E-state index contributed by atoms with van der Waals surface area (Å²) >= 11 is 0. The molecular weight excluding hydrogens is 397 g/mol. The molecule has 4 rings (SSSR count). The number of imidazole rings is 1. The Labute approximate surface area is 168 Å². The first-order chi connectivity index (χ1) is 13.8. The van der Waals surface area contributed by atoms with Crippen LogP contribution in [0.2, 0.25) is 0 Å². The summed E-state index contributed by atoms with van der Waals surface area (Å²) in [6.45, 7) is 3.94. The Balaban J connectivity index is 1.70. The highest BCUT2D eigenvalue weighted by Crippen LogP contribution is 2.73. The number of nitrogen functional groups attached to an aromatic ring is 1. The molecule has 0 radical (unpaired) electrons. The number of aliphatic hydroxyl groups excluding tert-OH is 2. The maximum atomic E-state index is 13.1. The molecule has 0 aliphatic heterocycles. The molecule has 10 nitrogen and oxygen atoms in total. The van der Waals surface area contributed by atoms with E-state index in [1.54, 1.807) is 18.4 Å². The smallest absolute Gasteiger partial charge is 0.331 e. The van der Waals surface area contributed by atoms with Gasteiger partial charge in [-0.25, -0.2) is 15.0 Å². The Morgan fingerprint density at radius 2 is 2.07 bits per heavy atom. The summed E-state index contributed by atoms with van der Waals surface area (Å²) < 4.78 is 25.6. The Morgan fingerprint density at radius 3 is 2.69 bits per heavy atom. The van der Waals surface area contributed by atoms with Crippen molar-refractivity contribution in [1.29, 1.82) is 0 Å². The third kappa shape index (κ3) is 3.05. The van der Waals surface area contributed by atoms with Gasteiger partial charge in [-0.1, -0.05) is 0 Å². The molecule has 2 saturated carbocycles. The van der Waals surface area contributed by atoms with Crippen LogP contribution >= 0.6 is 7.60 Å². The van der Waals surface area contributed by atoms with Crippen LogP contribution < -0.4 is 5.73 Å². The van der Waals surface area contributed by atoms with Gasteiger partial charge in [0.15, 0.2) is 11.5 Å². The SMILES string of the molecule is C#Cc1nc(N)c2ncn([C@H]3[C@H](O)[C@H](O)[C@@]4(CP(=O)(OCC)OCC)C[C@H]34)c2n1. The van der Waals surface area contributed by atoms with Crippen LogP contribution in [0.1, 0.15) is 32.1 Å². The standard InChI is InChI=1S/C18H24N5O5P/c1-4-11-21-16(19)12-17(22-11)23(9-20-12)13-10-7-18(10,15(25)14(13)24)8-29(26,27-5-2)28-6-3/h1,9-10,13-15,24-25H,5-8H2,2-3H3,(H2,19,21,22)/t10-,13-,14+,15+,18-/m1/s1. The van der Waals surface area contributed by atoms with Crippen molar-refractivity contribution >= 4 is 24.6 Å². The number of aliphatic hydroxyl groups is 2. The van der Waals surface area contributed by atoms with Gasteiger partial charge >= 0.3 is 7.60 Å². The lowest BCUT2D eigenvalue weighted by molar-refractivity contribution is -0.0141. The average Bonchev–Trinajstić information content (AvgIpc) is 3.13. The maximum Gasteiger partial charge on any atom is 0.331 e. The minimum atomic E-state index is -3.40. The largest absolute Gasteiger partial charge is 0.390 e. The van der Waals surface area contributed by atoms with Gasteiger partial charge in [-0.2, -0.15) is 0 Å². The second-order valence-corrected chi connectivity index (χ2v) is 9.53. The monoisotopic (exact) mass is 421 g/mol. The van der Waals surface area contributed by atoms with E-state index in [9.17, 15) is 14.8 Å². The lowest BCUT2D eigenvalue weighted by Gasteiger charge is -2.26. The van der Waals surface area contributed by atoms with Gasteiger partial charge in [0.25, 0.3) is 0 Å². The zero-order valence-corrected chi connectivity index (χ0v) is 17.1. The molecule has 2 aromatic rings. The van der Waals surface area contributed by atoms with E-state index < -0.39 is 31.3 Å². The van der Waals surface area contributed by atoms with E-state index in [4.69, 9.17) is 21.2 Å². The van der Waals surface area contributed by atoms with Crippen LogP contribution in [0.25, 0.3) is 11.2 Å². The zero-order valence-electron chi connectivity index (χ0n) is 16.2. The molecule has 0 amide bonds. The minimum Gasteiger partial charge on any atom is -0.390 e. The van der Waals surface area contributed by atoms with Crippen LogP contribution in [0.3, 0.4) is 0 Å². The molecule has 4 N–H and O–H groups in total. The van der Waals surface area contributed by atoms with Gasteiger partial charge in [-0.05, 0) is 32.1 Å². The lowest BCUT2D eigenvalue weighted by Crippen LogP contribution is -2.35. The highest BCUT2D eigenvalue weighted by Gasteiger charge is 2.73. The number of hydrogen-bond acceptors (Lipinski definition) is 9. The summed E-state index contributed by atoms with van der Waals surface area (Å²) in [4.78, 5) is 12.6. The van der Waals surface area contributed by atoms with Gasteiger partial charge in [0.1, 0.15) is 11.6 Å². The third-order valence-corrected chi connectivity index (χ3v) is 8.17. The van der Waals surface area contributed by atoms with Crippen LogP contribution in [0.5, 0.6) is 0 Å². The molecular formula is C18H24N5O5P. The fraction of sp³-hybridized carbons (Fsp3) is 0.611. The second-order valence-electron chi connectivity index (χ2n) is 7.48. The van der Waals surface area contributed by atoms with Crippen molar-refractivity contribution in [2.75, 3.05) is 25.1 Å². The normalized spacial score (nSPS) is 31.0. The van der Waals surface area contributed by atoms with Crippen molar-refractivity contribution in [1.82, 2.24) is 19.5 Å². The number of hydrogen-bond donors (Lipinski definition) is 3. The van der Waals surface area contributed by atoms with Gasteiger partial charge in [-0.3, -0.25) is 4.57 Å². The number of anilines is 1. The average molecular weight is 421 g/mol. The first-order valence-corrected chi connectivity index (χ1v) is 11.2. The molecule has 5 atom stereocenters. The number of nitrogens with two attached hydrogens (primary N) is 1. The van der Waals surface area contributed by atoms with Crippen molar-refractivity contribution < 1.29 is 23.8 Å². The lowest BCUT2D eigenvalue weighted by atomic mass is 10.0. The molecule has 0 bridgehead atoms. The summed E-state index contributed by atoms with van der Waals surface area (Å²) in [7, 11) is -3.40. The van der Waals surface area contributed by atoms with Gasteiger partial charge in [0, 0.05) is 5.41 Å². The third-order valence-electron chi connectivity index (χ3n) is 5.89. The number of nitrogens with zero attached hydrogens (tertiary/aromatic N) is 4. The highest BCUT2D eigenvalue weighted by atomic mass is 31.2. The molecule has 2 heterocycles. The molecule has 156 valence electrons. The molecule has 0 unspecified atom stereocenters. The van der Waals surface area contributed by atoms with Gasteiger partial charge < -0.3 is 29.6 Å². The van der Waals surface area contributed by atoms with E-state index in [1.165, 1.54) is 6.33 Å². The van der Waals surface area contributed by atoms with Crippen molar-refractivity contribution in [2.24, 2.45) is 11.3 Å². The van der Waals surface area contributed by atoms with Crippen molar-refractivity contribution in [3.63, 3.8) is 0 Å². The summed E-state index contributed by atoms with van der Waals surface area (Å²) in [5, 5.41) is 21.7. The Hall–Kier alpha value is -2.02. The predicted octanol–water partition coefficient (Wildman–Crippen LogP) is 0.939. The molecule has 11 heteroatoms. The van der Waals surface area contributed by atoms with Crippen LogP contribution in [0.4, 0.5) is 5.82 Å². The summed E-state index contributed by atoms with van der Waals surface area (Å²) in [6.07, 6.45) is 5.34. The Morgan fingerprint density at radius 1 is 1.38 bits per heavy atom. The highest BCUT2D eigenvalue weighted by molar-refractivity contribution is 7.53. The van der Waals surface area contributed by atoms with E-state index in [-0.39, 0.29) is 36.9 Å². The minimum absolute atomic E-state index is 0.0421. The van der Waals surface area contributed by atoms with Crippen molar-refractivity contribution in [3.8, 4) is 12.3 Å². The number of terminal acetylenes is 1. The molecule has 29 heavy (non-hydrogen) atoms. The maximum absolute atomic E-state index is 13.1. The predicted molar refractivity (Wildman–Crippen MR) is 105 cm³/mol. The number of fused-ring (bicyclic) bond motifs is 2. The molecule has 2 fully saturated rings. The molecule has 0 saturated heterocycles. The molecule has 2 aliphatic rings. The summed E-state index contributed by atoms with van der Waals surface area (Å²) in [5.74, 6) is 2.46. The Bertz CT molecular complexity index is 1030. The van der Waals surface area contributed by atoms with E-state index in [0.717, 1.165) is 0 Å². The van der Waals surface area contributed by atoms with Crippen LogP contribution in [-0.2, 0) is 13.6 Å². The van der Waals surface area contributed by atoms with E-state index in [0.29, 0.717) is 17.6 Å². The summed E-state index contributed by atoms with van der Waals surface area (Å²) in [5.41, 5.74) is 5.93. The van der Waals surface area contributed by atoms with E-state index in [1.807, 2.05) is 0 Å². The van der Waals surface area contributed by atoms with E-state index in [2.05, 4.69) is 20.9 Å². The number of rotatable bonds is 7. The Kier molecular flexibility index (Phi) is 4.92. The van der Waals surface area contributed by atoms with Crippen LogP contribution in [-0.4, -0.2) is 61.3 Å². The van der Waals surface area contributed by atoms with Crippen LogP contribution in [0, 0.1) is 23.7 Å². The number of aromatic nitrogens is 4. The molecule has 0 aromatic carbocycles. The molecule has 0 spiro atoms. The summed E-state index contributed by atoms with van der Waals surface area (Å²) in [6, 6.07) is -0.522.